The lowest BCUT2D eigenvalue weighted by atomic mass is 9.96. The molecule has 0 aromatic heterocycles. The Kier molecular flexibility index (Phi) is 4.31. The fourth-order valence-electron chi connectivity index (χ4n) is 3.11. The number of sulfone groups is 1. The number of hydrogen-bond donors (Lipinski definition) is 1. The van der Waals surface area contributed by atoms with E-state index >= 15 is 0 Å². The van der Waals surface area contributed by atoms with Crippen molar-refractivity contribution in [2.24, 2.45) is 0 Å². The molecular formula is C15H23NO2S. The van der Waals surface area contributed by atoms with Crippen molar-refractivity contribution in [1.29, 1.82) is 0 Å². The molecule has 2 unspecified atom stereocenters. The minimum atomic E-state index is -2.97. The summed E-state index contributed by atoms with van der Waals surface area (Å²) in [7, 11) is -1.12. The fourth-order valence-corrected chi connectivity index (χ4v) is 5.25. The Bertz CT molecular complexity index is 531. The van der Waals surface area contributed by atoms with Gasteiger partial charge in [-0.15, -0.1) is 0 Å². The van der Waals surface area contributed by atoms with Gasteiger partial charge in [0.15, 0.2) is 9.84 Å². The van der Waals surface area contributed by atoms with Gasteiger partial charge in [0.25, 0.3) is 0 Å². The standard InChI is InChI=1S/C15H23NO2S/c1-11-8-12(2)10-13(9-11)15(16-3)14-6-4-5-7-19(14,17)18/h8-10,14-16H,4-7H2,1-3H3. The van der Waals surface area contributed by atoms with Crippen molar-refractivity contribution in [3.05, 3.63) is 34.9 Å². The molecule has 1 fully saturated rings. The zero-order chi connectivity index (χ0) is 14.0. The van der Waals surface area contributed by atoms with Gasteiger partial charge in [0.1, 0.15) is 0 Å². The Morgan fingerprint density at radius 2 is 1.79 bits per heavy atom. The van der Waals surface area contributed by atoms with Gasteiger partial charge in [0.2, 0.25) is 0 Å². The minimum Gasteiger partial charge on any atom is -0.312 e. The van der Waals surface area contributed by atoms with E-state index in [1.54, 1.807) is 0 Å². The molecule has 1 aromatic rings. The van der Waals surface area contributed by atoms with Crippen LogP contribution in [0.15, 0.2) is 18.2 Å². The van der Waals surface area contributed by atoms with E-state index in [4.69, 9.17) is 0 Å². The molecule has 0 saturated carbocycles. The highest BCUT2D eigenvalue weighted by atomic mass is 32.2. The summed E-state index contributed by atoms with van der Waals surface area (Å²) >= 11 is 0. The molecule has 1 heterocycles. The summed E-state index contributed by atoms with van der Waals surface area (Å²) in [6.45, 7) is 4.11. The average molecular weight is 281 g/mol. The first-order valence-electron chi connectivity index (χ1n) is 6.91. The van der Waals surface area contributed by atoms with Gasteiger partial charge in [0, 0.05) is 6.04 Å². The van der Waals surface area contributed by atoms with Crippen LogP contribution in [-0.4, -0.2) is 26.5 Å². The molecule has 0 bridgehead atoms. The third-order valence-corrected chi connectivity index (χ3v) is 6.20. The number of benzene rings is 1. The minimum absolute atomic E-state index is 0.0936. The Morgan fingerprint density at radius 1 is 1.16 bits per heavy atom. The van der Waals surface area contributed by atoms with Crippen molar-refractivity contribution in [3.8, 4) is 0 Å². The molecule has 0 aliphatic carbocycles. The van der Waals surface area contributed by atoms with Crippen LogP contribution in [0.3, 0.4) is 0 Å². The summed E-state index contributed by atoms with van der Waals surface area (Å²) in [6, 6.07) is 6.21. The van der Waals surface area contributed by atoms with E-state index in [9.17, 15) is 8.42 Å². The van der Waals surface area contributed by atoms with Crippen molar-refractivity contribution in [1.82, 2.24) is 5.32 Å². The molecule has 4 heteroatoms. The van der Waals surface area contributed by atoms with Crippen LogP contribution in [0.5, 0.6) is 0 Å². The molecule has 2 atom stereocenters. The molecule has 0 amide bonds. The molecule has 1 aromatic carbocycles. The van der Waals surface area contributed by atoms with Crippen LogP contribution in [0, 0.1) is 13.8 Å². The predicted octanol–water partition coefficient (Wildman–Crippen LogP) is 2.53. The van der Waals surface area contributed by atoms with Gasteiger partial charge in [0.05, 0.1) is 11.0 Å². The Balaban J connectivity index is 2.38. The highest BCUT2D eigenvalue weighted by Crippen LogP contribution is 2.31. The Hall–Kier alpha value is -0.870. The van der Waals surface area contributed by atoms with Crippen LogP contribution in [0.2, 0.25) is 0 Å². The van der Waals surface area contributed by atoms with Crippen LogP contribution < -0.4 is 5.32 Å². The van der Waals surface area contributed by atoms with Gasteiger partial charge in [-0.25, -0.2) is 8.42 Å². The van der Waals surface area contributed by atoms with E-state index in [0.717, 1.165) is 24.8 Å². The van der Waals surface area contributed by atoms with Crippen molar-refractivity contribution in [3.63, 3.8) is 0 Å². The normalized spacial score (nSPS) is 24.1. The van der Waals surface area contributed by atoms with Crippen molar-refractivity contribution in [2.75, 3.05) is 12.8 Å². The van der Waals surface area contributed by atoms with Crippen LogP contribution in [-0.2, 0) is 9.84 Å². The van der Waals surface area contributed by atoms with E-state index in [0.29, 0.717) is 5.75 Å². The number of aryl methyl sites for hydroxylation is 2. The lowest BCUT2D eigenvalue weighted by Crippen LogP contribution is -2.39. The third kappa shape index (κ3) is 3.18. The molecule has 0 radical (unpaired) electrons. The lowest BCUT2D eigenvalue weighted by molar-refractivity contribution is 0.469. The maximum absolute atomic E-state index is 12.3. The van der Waals surface area contributed by atoms with Crippen LogP contribution in [0.1, 0.15) is 42.0 Å². The molecular weight excluding hydrogens is 258 g/mol. The second-order valence-electron chi connectivity index (χ2n) is 5.59. The lowest BCUT2D eigenvalue weighted by Gasteiger charge is -2.30. The van der Waals surface area contributed by atoms with Gasteiger partial charge in [-0.05, 0) is 39.3 Å². The number of nitrogens with one attached hydrogen (secondary N) is 1. The summed E-state index contributed by atoms with van der Waals surface area (Å²) in [5.74, 6) is 0.334. The fraction of sp³-hybridized carbons (Fsp3) is 0.600. The van der Waals surface area contributed by atoms with Gasteiger partial charge in [-0.1, -0.05) is 35.7 Å². The summed E-state index contributed by atoms with van der Waals surface area (Å²) < 4.78 is 24.6. The first-order chi connectivity index (χ1) is 8.94. The molecule has 1 aliphatic rings. The quantitative estimate of drug-likeness (QED) is 0.926. The van der Waals surface area contributed by atoms with E-state index in [2.05, 4.69) is 37.4 Å². The highest BCUT2D eigenvalue weighted by Gasteiger charge is 2.35. The average Bonchev–Trinajstić information content (AvgIpc) is 2.30. The van der Waals surface area contributed by atoms with Gasteiger partial charge in [-0.2, -0.15) is 0 Å². The smallest absolute Gasteiger partial charge is 0.155 e. The van der Waals surface area contributed by atoms with Crippen LogP contribution in [0.25, 0.3) is 0 Å². The first-order valence-corrected chi connectivity index (χ1v) is 8.62. The predicted molar refractivity (Wildman–Crippen MR) is 79.1 cm³/mol. The van der Waals surface area contributed by atoms with E-state index < -0.39 is 9.84 Å². The summed E-state index contributed by atoms with van der Waals surface area (Å²) in [5, 5.41) is 2.93. The molecule has 19 heavy (non-hydrogen) atoms. The number of rotatable bonds is 3. The topological polar surface area (TPSA) is 46.2 Å². The SMILES string of the molecule is CNC(c1cc(C)cc(C)c1)C1CCCCS1(=O)=O. The first kappa shape index (κ1) is 14.5. The maximum Gasteiger partial charge on any atom is 0.155 e. The maximum atomic E-state index is 12.3. The zero-order valence-electron chi connectivity index (χ0n) is 11.9. The highest BCUT2D eigenvalue weighted by molar-refractivity contribution is 7.92. The van der Waals surface area contributed by atoms with Crippen LogP contribution in [0.4, 0.5) is 0 Å². The summed E-state index contributed by atoms with van der Waals surface area (Å²) in [6.07, 6.45) is 2.58. The van der Waals surface area contributed by atoms with E-state index in [1.165, 1.54) is 11.1 Å². The number of hydrogen-bond acceptors (Lipinski definition) is 3. The van der Waals surface area contributed by atoms with E-state index in [-0.39, 0.29) is 11.3 Å². The summed E-state index contributed by atoms with van der Waals surface area (Å²) in [5.41, 5.74) is 3.46. The molecule has 1 aliphatic heterocycles. The zero-order valence-corrected chi connectivity index (χ0v) is 12.8. The second-order valence-corrected chi connectivity index (χ2v) is 7.93. The molecule has 1 N–H and O–H groups in total. The van der Waals surface area contributed by atoms with Crippen molar-refractivity contribution < 1.29 is 8.42 Å². The van der Waals surface area contributed by atoms with Crippen molar-refractivity contribution in [2.45, 2.75) is 44.4 Å². The monoisotopic (exact) mass is 281 g/mol. The van der Waals surface area contributed by atoms with Crippen molar-refractivity contribution >= 4 is 9.84 Å². The Labute approximate surface area is 116 Å². The molecule has 3 nitrogen and oxygen atoms in total. The van der Waals surface area contributed by atoms with Gasteiger partial charge >= 0.3 is 0 Å². The molecule has 106 valence electrons. The van der Waals surface area contributed by atoms with Gasteiger partial charge < -0.3 is 5.32 Å². The Morgan fingerprint density at radius 3 is 2.32 bits per heavy atom. The van der Waals surface area contributed by atoms with Crippen LogP contribution >= 0.6 is 0 Å². The summed E-state index contributed by atoms with van der Waals surface area (Å²) in [4.78, 5) is 0. The third-order valence-electron chi connectivity index (χ3n) is 3.91. The molecule has 2 rings (SSSR count). The molecule has 1 saturated heterocycles. The largest absolute Gasteiger partial charge is 0.312 e. The molecule has 0 spiro atoms. The van der Waals surface area contributed by atoms with E-state index in [1.807, 2.05) is 7.05 Å². The second kappa shape index (κ2) is 5.63. The van der Waals surface area contributed by atoms with Gasteiger partial charge in [-0.3, -0.25) is 0 Å².